The molecule has 39 heavy (non-hydrogen) atoms. The molecular formula is C28H27ClN6O3S. The molecule has 3 aromatic rings. The third-order valence-corrected chi connectivity index (χ3v) is 7.95. The Labute approximate surface area is 235 Å². The van der Waals surface area contributed by atoms with Crippen LogP contribution >= 0.6 is 23.4 Å². The molecule has 11 heteroatoms. The number of halogens is 1. The monoisotopic (exact) mass is 562 g/mol. The smallest absolute Gasteiger partial charge is 0.253 e. The first-order valence-corrected chi connectivity index (χ1v) is 13.5. The van der Waals surface area contributed by atoms with E-state index in [-0.39, 0.29) is 33.1 Å². The van der Waals surface area contributed by atoms with Crippen LogP contribution in [0.2, 0.25) is 5.15 Å². The van der Waals surface area contributed by atoms with E-state index >= 15 is 0 Å². The summed E-state index contributed by atoms with van der Waals surface area (Å²) in [5.74, 6) is -0.225. The predicted octanol–water partition coefficient (Wildman–Crippen LogP) is 6.16. The summed E-state index contributed by atoms with van der Waals surface area (Å²) < 4.78 is 6.19. The van der Waals surface area contributed by atoms with E-state index in [2.05, 4.69) is 4.98 Å². The van der Waals surface area contributed by atoms with Crippen LogP contribution in [0.15, 0.2) is 42.5 Å². The number of nitrogens with one attached hydrogen (secondary N) is 2. The molecule has 0 aliphatic carbocycles. The van der Waals surface area contributed by atoms with Crippen LogP contribution in [-0.2, 0) is 4.79 Å². The van der Waals surface area contributed by atoms with Gasteiger partial charge in [0.1, 0.15) is 5.15 Å². The van der Waals surface area contributed by atoms with Gasteiger partial charge in [-0.1, -0.05) is 43.6 Å². The molecule has 2 amide bonds. The van der Waals surface area contributed by atoms with Crippen molar-refractivity contribution in [1.29, 1.82) is 10.8 Å². The number of ether oxygens (including phenoxy) is 1. The summed E-state index contributed by atoms with van der Waals surface area (Å²) in [4.78, 5) is 38.5. The maximum Gasteiger partial charge on any atom is 0.253 e. The van der Waals surface area contributed by atoms with Crippen LogP contribution in [0.3, 0.4) is 0 Å². The quantitative estimate of drug-likeness (QED) is 0.224. The number of fused-ring (bicyclic) bond motifs is 2. The minimum absolute atomic E-state index is 0.0540. The fourth-order valence-electron chi connectivity index (χ4n) is 4.99. The highest BCUT2D eigenvalue weighted by Crippen LogP contribution is 2.58. The van der Waals surface area contributed by atoms with Crippen LogP contribution < -0.4 is 9.64 Å². The van der Waals surface area contributed by atoms with Gasteiger partial charge in [-0.05, 0) is 43.8 Å². The molecule has 9 nitrogen and oxygen atoms in total. The van der Waals surface area contributed by atoms with E-state index in [0.717, 1.165) is 22.9 Å². The zero-order valence-electron chi connectivity index (χ0n) is 22.1. The van der Waals surface area contributed by atoms with Crippen LogP contribution in [0.5, 0.6) is 11.8 Å². The number of nitrogens with zero attached hydrogens (tertiary/aromatic N) is 4. The Hall–Kier alpha value is -3.76. The Kier molecular flexibility index (Phi) is 6.72. The average molecular weight is 563 g/mol. The molecule has 2 aliphatic heterocycles. The van der Waals surface area contributed by atoms with Gasteiger partial charge in [-0.15, -0.1) is 0 Å². The minimum atomic E-state index is -0.977. The Morgan fingerprint density at radius 3 is 2.49 bits per heavy atom. The van der Waals surface area contributed by atoms with Gasteiger partial charge >= 0.3 is 0 Å². The number of rotatable bonds is 3. The van der Waals surface area contributed by atoms with Crippen LogP contribution in [0, 0.1) is 16.2 Å². The number of amidine groups is 1. The highest BCUT2D eigenvalue weighted by Gasteiger charge is 2.53. The van der Waals surface area contributed by atoms with Crippen molar-refractivity contribution in [2.75, 3.05) is 18.5 Å². The number of amides is 2. The first-order valence-electron chi connectivity index (χ1n) is 12.3. The van der Waals surface area contributed by atoms with Gasteiger partial charge in [0.05, 0.1) is 21.8 Å². The summed E-state index contributed by atoms with van der Waals surface area (Å²) >= 11 is 7.24. The first-order chi connectivity index (χ1) is 18.4. The van der Waals surface area contributed by atoms with E-state index in [1.54, 1.807) is 37.1 Å². The molecular weight excluding hydrogens is 536 g/mol. The number of carbonyl (C=O) groups is 2. The van der Waals surface area contributed by atoms with Gasteiger partial charge < -0.3 is 9.64 Å². The largest absolute Gasteiger partial charge is 0.420 e. The molecule has 0 spiro atoms. The van der Waals surface area contributed by atoms with Crippen LogP contribution in [0.1, 0.15) is 55.1 Å². The van der Waals surface area contributed by atoms with Crippen molar-refractivity contribution < 1.29 is 14.3 Å². The molecule has 200 valence electrons. The Morgan fingerprint density at radius 2 is 1.85 bits per heavy atom. The third kappa shape index (κ3) is 4.47. The van der Waals surface area contributed by atoms with E-state index in [9.17, 15) is 9.59 Å². The fraction of sp³-hybridized carbons (Fsp3) is 0.286. The van der Waals surface area contributed by atoms with Gasteiger partial charge in [-0.25, -0.2) is 9.97 Å². The average Bonchev–Trinajstić information content (AvgIpc) is 2.89. The molecule has 0 saturated heterocycles. The van der Waals surface area contributed by atoms with E-state index in [0.29, 0.717) is 34.9 Å². The van der Waals surface area contributed by atoms with Gasteiger partial charge in [0.25, 0.3) is 5.91 Å². The lowest BCUT2D eigenvalue weighted by Gasteiger charge is -2.45. The zero-order chi connectivity index (χ0) is 28.2. The minimum Gasteiger partial charge on any atom is -0.420 e. The fourth-order valence-corrected chi connectivity index (χ4v) is 5.74. The topological polar surface area (TPSA) is 123 Å². The van der Waals surface area contributed by atoms with Gasteiger partial charge in [-0.2, -0.15) is 0 Å². The second-order valence-electron chi connectivity index (χ2n) is 10.0. The van der Waals surface area contributed by atoms with E-state index in [1.165, 1.54) is 4.90 Å². The molecule has 1 unspecified atom stereocenters. The van der Waals surface area contributed by atoms with Crippen LogP contribution in [0.4, 0.5) is 5.69 Å². The summed E-state index contributed by atoms with van der Waals surface area (Å²) in [7, 11) is 1.76. The summed E-state index contributed by atoms with van der Waals surface area (Å²) in [6.07, 6.45) is 0. The Morgan fingerprint density at radius 1 is 1.15 bits per heavy atom. The first kappa shape index (κ1) is 26.8. The summed E-state index contributed by atoms with van der Waals surface area (Å²) in [5.41, 5.74) is 2.87. The standard InChI is InChI=1S/C28H27ClN6O3S/c1-6-34(5)25(36)16-9-7-15(8-10-16)18-12-11-17-22-21-19(13-20(29)33-24(21)38-23(17)32-18)35(26(37)28(22,3)4)27(31)39-14(2)30/h7-13,22,30-31H,6H2,1-5H3. The molecule has 2 N–H and O–H groups in total. The number of benzene rings is 1. The number of hydrogen-bond acceptors (Lipinski definition) is 8. The Bertz CT molecular complexity index is 1560. The van der Waals surface area contributed by atoms with Crippen molar-refractivity contribution in [1.82, 2.24) is 14.9 Å². The van der Waals surface area contributed by atoms with Crippen LogP contribution in [-0.4, -0.2) is 50.5 Å². The van der Waals surface area contributed by atoms with Gasteiger partial charge in [0.15, 0.2) is 5.17 Å². The number of aromatic nitrogens is 2. The lowest BCUT2D eigenvalue weighted by atomic mass is 9.67. The maximum atomic E-state index is 13.8. The van der Waals surface area contributed by atoms with Gasteiger partial charge in [0.2, 0.25) is 17.7 Å². The summed E-state index contributed by atoms with van der Waals surface area (Å²) in [6, 6.07) is 12.6. The number of thioether (sulfide) groups is 1. The normalized spacial score (nSPS) is 16.6. The van der Waals surface area contributed by atoms with Crippen molar-refractivity contribution in [3.05, 3.63) is 64.3 Å². The second-order valence-corrected chi connectivity index (χ2v) is 11.6. The number of hydrogen-bond donors (Lipinski definition) is 2. The highest BCUT2D eigenvalue weighted by molar-refractivity contribution is 8.26. The van der Waals surface area contributed by atoms with Crippen molar-refractivity contribution in [2.24, 2.45) is 5.41 Å². The molecule has 0 saturated carbocycles. The maximum absolute atomic E-state index is 13.8. The molecule has 1 aromatic carbocycles. The number of carbonyl (C=O) groups excluding carboxylic acids is 2. The van der Waals surface area contributed by atoms with E-state index in [4.69, 9.17) is 32.1 Å². The lowest BCUT2D eigenvalue weighted by molar-refractivity contribution is -0.126. The number of anilines is 1. The van der Waals surface area contributed by atoms with E-state index < -0.39 is 11.3 Å². The van der Waals surface area contributed by atoms with Gasteiger partial charge in [0, 0.05) is 47.8 Å². The van der Waals surface area contributed by atoms with Crippen molar-refractivity contribution in [2.45, 2.75) is 33.6 Å². The molecule has 0 radical (unpaired) electrons. The Balaban J connectivity index is 1.59. The van der Waals surface area contributed by atoms with Crippen molar-refractivity contribution >= 4 is 51.1 Å². The predicted molar refractivity (Wildman–Crippen MR) is 153 cm³/mol. The highest BCUT2D eigenvalue weighted by atomic mass is 35.5. The molecule has 5 rings (SSSR count). The molecule has 1 atom stereocenters. The zero-order valence-corrected chi connectivity index (χ0v) is 23.7. The molecule has 4 heterocycles. The third-order valence-electron chi connectivity index (χ3n) is 7.07. The van der Waals surface area contributed by atoms with Gasteiger partial charge in [-0.3, -0.25) is 25.3 Å². The van der Waals surface area contributed by atoms with E-state index in [1.807, 2.05) is 45.0 Å². The lowest BCUT2D eigenvalue weighted by Crippen LogP contribution is -2.51. The second kappa shape index (κ2) is 9.77. The number of pyridine rings is 2. The van der Waals surface area contributed by atoms with Crippen LogP contribution in [0.25, 0.3) is 11.3 Å². The summed E-state index contributed by atoms with van der Waals surface area (Å²) in [5, 5.41) is 16.6. The van der Waals surface area contributed by atoms with Crippen molar-refractivity contribution in [3.8, 4) is 23.0 Å². The molecule has 0 fully saturated rings. The molecule has 0 bridgehead atoms. The molecule has 2 aromatic heterocycles. The molecule has 2 aliphatic rings. The summed E-state index contributed by atoms with van der Waals surface area (Å²) in [6.45, 7) is 7.76. The SMILES string of the molecule is CCN(C)C(=O)c1ccc(-c2ccc3c(n2)Oc2nc(Cl)cc4c2C3C(C)(C)C(=O)N4C(=N)SC(C)=N)cc1. The van der Waals surface area contributed by atoms with Crippen molar-refractivity contribution in [3.63, 3.8) is 0 Å².